The van der Waals surface area contributed by atoms with Gasteiger partial charge in [0.1, 0.15) is 24.2 Å². The van der Waals surface area contributed by atoms with Crippen LogP contribution in [0, 0.1) is 18.2 Å². The molecule has 0 saturated carbocycles. The molecule has 3 aliphatic rings. The third-order valence-corrected chi connectivity index (χ3v) is 7.99. The third-order valence-electron chi connectivity index (χ3n) is 7.99. The maximum absolute atomic E-state index is 14.7. The molecule has 264 valence electrons. The van der Waals surface area contributed by atoms with E-state index in [9.17, 15) is 28.7 Å². The van der Waals surface area contributed by atoms with Crippen LogP contribution in [0.3, 0.4) is 0 Å². The molecule has 0 unspecified atom stereocenters. The Labute approximate surface area is 291 Å². The number of imide groups is 1. The van der Waals surface area contributed by atoms with Gasteiger partial charge in [0, 0.05) is 22.8 Å². The standard InChI is InChI=1S/C19H15FN2O4.C16H17N3O6/c1-2-7-21-15-9-14(13(20)8-16(15)26-10-17(21)23)22-18(24)11-5-3-4-6-12(11)19(22)25;1-9(19-24-4)10-6-5-7-11(14(10)15(20)21)25-16-17-12(22-2)8-13(18-16)23-3/h1,8-9H,3-7,10H2;5-8H,1-4H3,(H,20,21). The van der Waals surface area contributed by atoms with Crippen LogP contribution in [-0.4, -0.2) is 79.0 Å². The number of anilines is 2. The largest absolute Gasteiger partial charge is 0.481 e. The first kappa shape index (κ1) is 35.8. The number of carboxylic acid groups (broad SMARTS) is 1. The Morgan fingerprint density at radius 1 is 1.02 bits per heavy atom. The second-order valence-corrected chi connectivity index (χ2v) is 11.0. The van der Waals surface area contributed by atoms with Gasteiger partial charge in [-0.15, -0.1) is 6.42 Å². The van der Waals surface area contributed by atoms with Crippen molar-refractivity contribution in [2.75, 3.05) is 44.3 Å². The Morgan fingerprint density at radius 3 is 2.24 bits per heavy atom. The van der Waals surface area contributed by atoms with Crippen LogP contribution in [0.2, 0.25) is 0 Å². The number of aromatic carboxylic acids is 1. The lowest BCUT2D eigenvalue weighted by molar-refractivity contribution is -0.121. The lowest BCUT2D eigenvalue weighted by Crippen LogP contribution is -2.39. The van der Waals surface area contributed by atoms with Gasteiger partial charge in [-0.1, -0.05) is 23.2 Å². The van der Waals surface area contributed by atoms with Gasteiger partial charge in [-0.3, -0.25) is 19.3 Å². The van der Waals surface area contributed by atoms with Crippen LogP contribution in [0.15, 0.2) is 52.7 Å². The highest BCUT2D eigenvalue weighted by atomic mass is 19.1. The average Bonchev–Trinajstić information content (AvgIpc) is 3.38. The van der Waals surface area contributed by atoms with Crippen molar-refractivity contribution >= 4 is 40.8 Å². The zero-order valence-electron chi connectivity index (χ0n) is 28.0. The number of terminal acetylenes is 1. The fraction of sp³-hybridized carbons (Fsp3) is 0.286. The number of hydrogen-bond acceptors (Lipinski definition) is 12. The van der Waals surface area contributed by atoms with Gasteiger partial charge in [0.15, 0.2) is 12.4 Å². The molecule has 0 bridgehead atoms. The maximum Gasteiger partial charge on any atom is 0.340 e. The Bertz CT molecular complexity index is 1970. The van der Waals surface area contributed by atoms with Crippen LogP contribution in [0.4, 0.5) is 15.8 Å². The number of amides is 3. The maximum atomic E-state index is 14.7. The number of carbonyl (C=O) groups is 4. The van der Waals surface area contributed by atoms with Gasteiger partial charge in [0.2, 0.25) is 11.8 Å². The third kappa shape index (κ3) is 7.27. The minimum atomic E-state index is -1.19. The van der Waals surface area contributed by atoms with Crippen molar-refractivity contribution in [1.29, 1.82) is 0 Å². The predicted octanol–water partition coefficient (Wildman–Crippen LogP) is 4.28. The van der Waals surface area contributed by atoms with Crippen LogP contribution in [0.5, 0.6) is 29.3 Å². The van der Waals surface area contributed by atoms with E-state index in [2.05, 4.69) is 21.0 Å². The predicted molar refractivity (Wildman–Crippen MR) is 179 cm³/mol. The molecule has 2 aromatic carbocycles. The summed E-state index contributed by atoms with van der Waals surface area (Å²) in [5.74, 6) is -0.306. The van der Waals surface area contributed by atoms with Crippen LogP contribution < -0.4 is 28.7 Å². The number of hydrogen-bond donors (Lipinski definition) is 1. The number of carboxylic acids is 1. The first-order chi connectivity index (χ1) is 24.5. The molecule has 1 aromatic heterocycles. The molecular formula is C35H32FN5O10. The summed E-state index contributed by atoms with van der Waals surface area (Å²) in [4.78, 5) is 64.0. The van der Waals surface area contributed by atoms with E-state index in [1.807, 2.05) is 0 Å². The van der Waals surface area contributed by atoms with Crippen molar-refractivity contribution in [3.63, 3.8) is 0 Å². The van der Waals surface area contributed by atoms with Crippen LogP contribution in [0.25, 0.3) is 0 Å². The van der Waals surface area contributed by atoms with E-state index in [1.54, 1.807) is 19.1 Å². The van der Waals surface area contributed by atoms with Gasteiger partial charge in [0.25, 0.3) is 17.7 Å². The summed E-state index contributed by atoms with van der Waals surface area (Å²) in [6, 6.07) is 8.44. The second kappa shape index (κ2) is 15.4. The molecule has 0 saturated heterocycles. The lowest BCUT2D eigenvalue weighted by atomic mass is 9.93. The molecule has 0 fully saturated rings. The molecule has 6 rings (SSSR count). The zero-order valence-corrected chi connectivity index (χ0v) is 28.0. The van der Waals surface area contributed by atoms with Crippen LogP contribution in [-0.2, 0) is 19.2 Å². The van der Waals surface area contributed by atoms with Crippen molar-refractivity contribution in [1.82, 2.24) is 9.97 Å². The number of nitrogens with zero attached hydrogens (tertiary/aromatic N) is 5. The van der Waals surface area contributed by atoms with E-state index in [0.717, 1.165) is 23.8 Å². The number of aromatic nitrogens is 2. The number of fused-ring (bicyclic) bond motifs is 1. The Balaban J connectivity index is 0.000000198. The van der Waals surface area contributed by atoms with Crippen LogP contribution >= 0.6 is 0 Å². The van der Waals surface area contributed by atoms with Gasteiger partial charge < -0.3 is 28.9 Å². The van der Waals surface area contributed by atoms with Crippen molar-refractivity contribution in [3.8, 4) is 41.6 Å². The van der Waals surface area contributed by atoms with Gasteiger partial charge in [-0.2, -0.15) is 9.97 Å². The molecule has 1 aliphatic carbocycles. The minimum absolute atomic E-state index is 0.0170. The molecule has 1 N–H and O–H groups in total. The average molecular weight is 702 g/mol. The SMILES string of the molecule is C#CCN1C(=O)COc2cc(F)c(N3C(=O)C4=C(CCCC4)C3=O)cc21.CON=C(C)c1cccc(Oc2nc(OC)cc(OC)n2)c1C(=O)O. The number of ether oxygens (including phenoxy) is 4. The van der Waals surface area contributed by atoms with Gasteiger partial charge in [-0.25, -0.2) is 14.1 Å². The fourth-order valence-electron chi connectivity index (χ4n) is 5.67. The van der Waals surface area contributed by atoms with Crippen molar-refractivity contribution < 1.29 is 52.5 Å². The van der Waals surface area contributed by atoms with Crippen molar-refractivity contribution in [3.05, 3.63) is 64.5 Å². The van der Waals surface area contributed by atoms with Crippen molar-refractivity contribution in [2.45, 2.75) is 32.6 Å². The molecule has 3 heterocycles. The number of oxime groups is 1. The number of carbonyl (C=O) groups excluding carboxylic acids is 3. The monoisotopic (exact) mass is 701 g/mol. The number of methoxy groups -OCH3 is 2. The molecule has 0 spiro atoms. The van der Waals surface area contributed by atoms with Gasteiger partial charge in [0.05, 0.1) is 43.9 Å². The molecule has 0 atom stereocenters. The number of benzene rings is 2. The summed E-state index contributed by atoms with van der Waals surface area (Å²) < 4.78 is 35.6. The molecule has 2 aliphatic heterocycles. The smallest absolute Gasteiger partial charge is 0.340 e. The first-order valence-corrected chi connectivity index (χ1v) is 15.4. The van der Waals surface area contributed by atoms with Crippen LogP contribution in [0.1, 0.15) is 48.5 Å². The Hall–Kier alpha value is -6.50. The van der Waals surface area contributed by atoms with E-state index < -0.39 is 23.6 Å². The summed E-state index contributed by atoms with van der Waals surface area (Å²) in [7, 11) is 4.24. The molecule has 15 nitrogen and oxygen atoms in total. The summed E-state index contributed by atoms with van der Waals surface area (Å²) in [6.45, 7) is 1.36. The van der Waals surface area contributed by atoms with E-state index in [1.165, 1.54) is 44.4 Å². The molecule has 3 aromatic rings. The normalized spacial score (nSPS) is 15.2. The van der Waals surface area contributed by atoms with E-state index in [0.29, 0.717) is 35.3 Å². The second-order valence-electron chi connectivity index (χ2n) is 11.0. The minimum Gasteiger partial charge on any atom is -0.481 e. The van der Waals surface area contributed by atoms with E-state index >= 15 is 0 Å². The molecule has 51 heavy (non-hydrogen) atoms. The van der Waals surface area contributed by atoms with E-state index in [4.69, 9.17) is 30.2 Å². The highest BCUT2D eigenvalue weighted by molar-refractivity contribution is 6.33. The Morgan fingerprint density at radius 2 is 1.67 bits per heavy atom. The van der Waals surface area contributed by atoms with E-state index in [-0.39, 0.29) is 65.3 Å². The highest BCUT2D eigenvalue weighted by Gasteiger charge is 2.41. The summed E-state index contributed by atoms with van der Waals surface area (Å²) in [5.41, 5.74) is 1.63. The molecular weight excluding hydrogens is 669 g/mol. The fourth-order valence-corrected chi connectivity index (χ4v) is 5.67. The molecule has 16 heteroatoms. The van der Waals surface area contributed by atoms with Gasteiger partial charge in [-0.05, 0) is 44.7 Å². The number of rotatable bonds is 9. The highest BCUT2D eigenvalue weighted by Crippen LogP contribution is 2.42. The zero-order chi connectivity index (χ0) is 36.8. The summed E-state index contributed by atoms with van der Waals surface area (Å²) in [5, 5.41) is 13.3. The Kier molecular flexibility index (Phi) is 10.8. The quantitative estimate of drug-likeness (QED) is 0.145. The topological polar surface area (TPSA) is 179 Å². The lowest BCUT2D eigenvalue weighted by Gasteiger charge is -2.29. The summed E-state index contributed by atoms with van der Waals surface area (Å²) >= 11 is 0. The number of halogens is 1. The summed E-state index contributed by atoms with van der Waals surface area (Å²) in [6.07, 6.45) is 8.01. The van der Waals surface area contributed by atoms with Crippen molar-refractivity contribution in [2.24, 2.45) is 5.16 Å². The first-order valence-electron chi connectivity index (χ1n) is 15.4. The molecule has 3 amide bonds. The van der Waals surface area contributed by atoms with Gasteiger partial charge >= 0.3 is 12.0 Å². The molecule has 0 radical (unpaired) electrons.